The fourth-order valence-corrected chi connectivity index (χ4v) is 1.53. The number of primary amides is 1. The lowest BCUT2D eigenvalue weighted by atomic mass is 10.7. The molecule has 0 fully saturated rings. The Morgan fingerprint density at radius 2 is 2.18 bits per heavy atom. The molecule has 0 aliphatic rings. The smallest absolute Gasteiger partial charge is 0.322 e. The Balaban J connectivity index is 2.82. The van der Waals surface area contributed by atoms with Crippen molar-refractivity contribution in [2.45, 2.75) is 19.0 Å². The van der Waals surface area contributed by atoms with E-state index >= 15 is 0 Å². The molecule has 0 aliphatic heterocycles. The number of aromatic nitrogens is 3. The molecule has 0 radical (unpaired) electrons. The number of carbonyl (C=O) groups excluding carboxylic acids is 1. The van der Waals surface area contributed by atoms with Crippen LogP contribution in [0.15, 0.2) is 5.16 Å². The average Bonchev–Trinajstić information content (AvgIpc) is 2.27. The van der Waals surface area contributed by atoms with Gasteiger partial charge in [-0.1, -0.05) is 11.8 Å². The van der Waals surface area contributed by atoms with Crippen molar-refractivity contribution >= 4 is 23.6 Å². The summed E-state index contributed by atoms with van der Waals surface area (Å²) in [6.45, 7) is 4.93. The topological polar surface area (TPSA) is 103 Å². The normalized spacial score (nSPS) is 10.0. The Morgan fingerprint density at radius 1 is 1.41 bits per heavy atom. The monoisotopic (exact) mass is 257 g/mol. The number of rotatable bonds is 7. The summed E-state index contributed by atoms with van der Waals surface area (Å²) in [4.78, 5) is 22.9. The Bertz CT molecular complexity index is 363. The van der Waals surface area contributed by atoms with Crippen LogP contribution < -0.4 is 15.8 Å². The zero-order valence-electron chi connectivity index (χ0n) is 9.77. The van der Waals surface area contributed by atoms with Crippen LogP contribution in [0.1, 0.15) is 13.8 Å². The van der Waals surface area contributed by atoms with Gasteiger partial charge in [0, 0.05) is 6.54 Å². The van der Waals surface area contributed by atoms with E-state index in [1.165, 1.54) is 0 Å². The summed E-state index contributed by atoms with van der Waals surface area (Å²) in [6, 6.07) is 0.241. The van der Waals surface area contributed by atoms with Crippen LogP contribution in [0.4, 0.5) is 5.95 Å². The highest BCUT2D eigenvalue weighted by Crippen LogP contribution is 2.17. The van der Waals surface area contributed by atoms with Crippen LogP contribution in [0.25, 0.3) is 0 Å². The summed E-state index contributed by atoms with van der Waals surface area (Å²) in [5.41, 5.74) is 5.06. The van der Waals surface area contributed by atoms with E-state index in [-0.39, 0.29) is 11.8 Å². The minimum absolute atomic E-state index is 0.126. The van der Waals surface area contributed by atoms with Crippen LogP contribution in [-0.2, 0) is 4.79 Å². The van der Waals surface area contributed by atoms with Gasteiger partial charge in [-0.25, -0.2) is 0 Å². The molecule has 1 aromatic heterocycles. The van der Waals surface area contributed by atoms with Crippen molar-refractivity contribution in [1.82, 2.24) is 15.0 Å². The third-order valence-electron chi connectivity index (χ3n) is 1.55. The molecule has 1 amide bonds. The molecule has 1 rings (SSSR count). The van der Waals surface area contributed by atoms with Crippen LogP contribution >= 0.6 is 11.8 Å². The van der Waals surface area contributed by atoms with Crippen LogP contribution in [0.2, 0.25) is 0 Å². The van der Waals surface area contributed by atoms with Gasteiger partial charge in [-0.05, 0) is 13.8 Å². The lowest BCUT2D eigenvalue weighted by molar-refractivity contribution is -0.115. The van der Waals surface area contributed by atoms with E-state index in [1.807, 2.05) is 13.8 Å². The van der Waals surface area contributed by atoms with E-state index in [4.69, 9.17) is 10.5 Å². The summed E-state index contributed by atoms with van der Waals surface area (Å²) in [6.07, 6.45) is 0. The summed E-state index contributed by atoms with van der Waals surface area (Å²) in [5.74, 6) is 0.137. The Labute approximate surface area is 104 Å². The largest absolute Gasteiger partial charge is 0.464 e. The SMILES string of the molecule is CCNc1nc(OCC)nc(SCC(N)=O)n1. The first-order chi connectivity index (χ1) is 8.15. The van der Waals surface area contributed by atoms with E-state index < -0.39 is 5.91 Å². The summed E-state index contributed by atoms with van der Waals surface area (Å²) < 4.78 is 5.21. The summed E-state index contributed by atoms with van der Waals surface area (Å²) in [5, 5.41) is 3.38. The fraction of sp³-hybridized carbons (Fsp3) is 0.556. The van der Waals surface area contributed by atoms with E-state index in [2.05, 4.69) is 20.3 Å². The number of ether oxygens (including phenoxy) is 1. The number of amides is 1. The number of nitrogens with zero attached hydrogens (tertiary/aromatic N) is 3. The molecule has 1 heterocycles. The predicted octanol–water partition coefficient (Wildman–Crippen LogP) is 0.279. The molecule has 0 spiro atoms. The highest BCUT2D eigenvalue weighted by molar-refractivity contribution is 7.99. The van der Waals surface area contributed by atoms with Gasteiger partial charge in [-0.3, -0.25) is 4.79 Å². The highest BCUT2D eigenvalue weighted by atomic mass is 32.2. The number of carbonyl (C=O) groups is 1. The molecule has 0 aliphatic carbocycles. The van der Waals surface area contributed by atoms with Crippen molar-refractivity contribution in [3.8, 4) is 6.01 Å². The third kappa shape index (κ3) is 4.85. The number of nitrogens with two attached hydrogens (primary N) is 1. The molecule has 17 heavy (non-hydrogen) atoms. The number of nitrogens with one attached hydrogen (secondary N) is 1. The van der Waals surface area contributed by atoms with Gasteiger partial charge in [0.2, 0.25) is 11.9 Å². The van der Waals surface area contributed by atoms with Crippen molar-refractivity contribution in [1.29, 1.82) is 0 Å². The van der Waals surface area contributed by atoms with Crippen LogP contribution in [0, 0.1) is 0 Å². The van der Waals surface area contributed by atoms with Crippen LogP contribution in [0.3, 0.4) is 0 Å². The molecule has 1 aromatic rings. The van der Waals surface area contributed by atoms with Gasteiger partial charge in [0.1, 0.15) is 0 Å². The first kappa shape index (κ1) is 13.5. The van der Waals surface area contributed by atoms with Gasteiger partial charge in [-0.2, -0.15) is 15.0 Å². The Hall–Kier alpha value is -1.57. The van der Waals surface area contributed by atoms with Crippen molar-refractivity contribution < 1.29 is 9.53 Å². The predicted molar refractivity (Wildman–Crippen MR) is 65.1 cm³/mol. The molecule has 94 valence electrons. The number of anilines is 1. The van der Waals surface area contributed by atoms with Crippen molar-refractivity contribution in [2.24, 2.45) is 5.73 Å². The maximum Gasteiger partial charge on any atom is 0.322 e. The lowest BCUT2D eigenvalue weighted by Gasteiger charge is -2.06. The average molecular weight is 257 g/mol. The molecule has 0 saturated carbocycles. The molecular weight excluding hydrogens is 242 g/mol. The van der Waals surface area contributed by atoms with Crippen LogP contribution in [-0.4, -0.2) is 39.8 Å². The molecule has 0 bridgehead atoms. The van der Waals surface area contributed by atoms with Gasteiger partial charge in [0.05, 0.1) is 12.4 Å². The molecule has 8 heteroatoms. The van der Waals surface area contributed by atoms with E-state index in [1.54, 1.807) is 0 Å². The molecule has 0 saturated heterocycles. The van der Waals surface area contributed by atoms with Gasteiger partial charge in [0.25, 0.3) is 0 Å². The summed E-state index contributed by atoms with van der Waals surface area (Å²) >= 11 is 1.15. The molecule has 0 atom stereocenters. The minimum atomic E-state index is -0.418. The fourth-order valence-electron chi connectivity index (χ4n) is 0.969. The minimum Gasteiger partial charge on any atom is -0.464 e. The second-order valence-electron chi connectivity index (χ2n) is 2.94. The molecule has 7 nitrogen and oxygen atoms in total. The Kier molecular flexibility index (Phi) is 5.47. The van der Waals surface area contributed by atoms with Crippen molar-refractivity contribution in [3.63, 3.8) is 0 Å². The zero-order chi connectivity index (χ0) is 12.7. The summed E-state index contributed by atoms with van der Waals surface area (Å²) in [7, 11) is 0. The second kappa shape index (κ2) is 6.89. The quantitative estimate of drug-likeness (QED) is 0.676. The molecule has 0 aromatic carbocycles. The first-order valence-corrected chi connectivity index (χ1v) is 6.18. The highest BCUT2D eigenvalue weighted by Gasteiger charge is 2.08. The maximum atomic E-state index is 10.7. The van der Waals surface area contributed by atoms with Gasteiger partial charge < -0.3 is 15.8 Å². The zero-order valence-corrected chi connectivity index (χ0v) is 10.6. The first-order valence-electron chi connectivity index (χ1n) is 5.19. The van der Waals surface area contributed by atoms with Crippen LogP contribution in [0.5, 0.6) is 6.01 Å². The number of thioether (sulfide) groups is 1. The van der Waals surface area contributed by atoms with Gasteiger partial charge >= 0.3 is 6.01 Å². The van der Waals surface area contributed by atoms with E-state index in [0.717, 1.165) is 11.8 Å². The lowest BCUT2D eigenvalue weighted by Crippen LogP contribution is -2.14. The number of hydrogen-bond acceptors (Lipinski definition) is 7. The second-order valence-corrected chi connectivity index (χ2v) is 3.88. The van der Waals surface area contributed by atoms with Gasteiger partial charge in [0.15, 0.2) is 5.16 Å². The molecular formula is C9H15N5O2S. The molecule has 3 N–H and O–H groups in total. The Morgan fingerprint density at radius 3 is 2.76 bits per heavy atom. The standard InChI is InChI=1S/C9H15N5O2S/c1-3-11-7-12-8(16-4-2)14-9(13-7)17-5-6(10)15/h3-5H2,1-2H3,(H2,10,15)(H,11,12,13,14). The molecule has 0 unspecified atom stereocenters. The van der Waals surface area contributed by atoms with E-state index in [0.29, 0.717) is 24.3 Å². The van der Waals surface area contributed by atoms with Crippen molar-refractivity contribution in [3.05, 3.63) is 0 Å². The third-order valence-corrected chi connectivity index (χ3v) is 2.42. The maximum absolute atomic E-state index is 10.7. The van der Waals surface area contributed by atoms with Crippen molar-refractivity contribution in [2.75, 3.05) is 24.2 Å². The number of hydrogen-bond donors (Lipinski definition) is 2. The van der Waals surface area contributed by atoms with Gasteiger partial charge in [-0.15, -0.1) is 0 Å². The van der Waals surface area contributed by atoms with E-state index in [9.17, 15) is 4.79 Å².